The van der Waals surface area contributed by atoms with Crippen molar-refractivity contribution in [1.82, 2.24) is 9.80 Å². The van der Waals surface area contributed by atoms with Gasteiger partial charge < -0.3 is 15.5 Å². The molecular formula is C13H27N3. The van der Waals surface area contributed by atoms with Gasteiger partial charge in [-0.2, -0.15) is 0 Å². The molecule has 3 heteroatoms. The molecule has 0 amide bonds. The summed E-state index contributed by atoms with van der Waals surface area (Å²) in [6.45, 7) is 4.65. The SMILES string of the molecule is CN1CCCC(N(C)CC2(CCN)CC2)C1. The lowest BCUT2D eigenvalue weighted by atomic mass is 9.99. The number of rotatable bonds is 5. The van der Waals surface area contributed by atoms with E-state index in [2.05, 4.69) is 23.9 Å². The summed E-state index contributed by atoms with van der Waals surface area (Å²) in [4.78, 5) is 5.06. The minimum absolute atomic E-state index is 0.597. The van der Waals surface area contributed by atoms with E-state index in [1.54, 1.807) is 0 Å². The molecule has 2 aliphatic rings. The number of nitrogens with zero attached hydrogens (tertiary/aromatic N) is 2. The van der Waals surface area contributed by atoms with Crippen molar-refractivity contribution in [2.24, 2.45) is 11.1 Å². The second kappa shape index (κ2) is 5.03. The molecule has 2 rings (SSSR count). The predicted octanol–water partition coefficient (Wildman–Crippen LogP) is 1.14. The monoisotopic (exact) mass is 225 g/mol. The first-order valence-corrected chi connectivity index (χ1v) is 6.74. The Labute approximate surface area is 100.0 Å². The fourth-order valence-electron chi connectivity index (χ4n) is 3.13. The zero-order valence-corrected chi connectivity index (χ0v) is 10.9. The Kier molecular flexibility index (Phi) is 3.88. The lowest BCUT2D eigenvalue weighted by molar-refractivity contribution is 0.114. The minimum atomic E-state index is 0.597. The molecule has 16 heavy (non-hydrogen) atoms. The molecule has 2 fully saturated rings. The molecule has 0 aromatic rings. The maximum Gasteiger partial charge on any atom is 0.0220 e. The van der Waals surface area contributed by atoms with Gasteiger partial charge in [0, 0.05) is 19.1 Å². The molecular weight excluding hydrogens is 198 g/mol. The average molecular weight is 225 g/mol. The summed E-state index contributed by atoms with van der Waals surface area (Å²) in [6.07, 6.45) is 6.75. The van der Waals surface area contributed by atoms with Crippen molar-refractivity contribution in [3.05, 3.63) is 0 Å². The first kappa shape index (κ1) is 12.3. The quantitative estimate of drug-likeness (QED) is 0.761. The molecule has 0 aromatic carbocycles. The van der Waals surface area contributed by atoms with Crippen molar-refractivity contribution in [2.75, 3.05) is 40.3 Å². The third-order valence-corrected chi connectivity index (χ3v) is 4.44. The van der Waals surface area contributed by atoms with Crippen LogP contribution in [0, 0.1) is 5.41 Å². The van der Waals surface area contributed by atoms with Crippen LogP contribution in [0.25, 0.3) is 0 Å². The summed E-state index contributed by atoms with van der Waals surface area (Å²) in [7, 11) is 4.55. The molecule has 2 N–H and O–H groups in total. The van der Waals surface area contributed by atoms with Crippen LogP contribution in [0.3, 0.4) is 0 Å². The van der Waals surface area contributed by atoms with E-state index in [-0.39, 0.29) is 0 Å². The highest BCUT2D eigenvalue weighted by molar-refractivity contribution is 4.96. The first-order valence-electron chi connectivity index (χ1n) is 6.74. The largest absolute Gasteiger partial charge is 0.330 e. The molecule has 1 saturated heterocycles. The van der Waals surface area contributed by atoms with Gasteiger partial charge in [-0.15, -0.1) is 0 Å². The van der Waals surface area contributed by atoms with Crippen molar-refractivity contribution in [1.29, 1.82) is 0 Å². The molecule has 1 aliphatic carbocycles. The highest BCUT2D eigenvalue weighted by atomic mass is 15.2. The summed E-state index contributed by atoms with van der Waals surface area (Å²) in [6, 6.07) is 0.772. The van der Waals surface area contributed by atoms with E-state index in [1.165, 1.54) is 51.7 Å². The van der Waals surface area contributed by atoms with Gasteiger partial charge in [-0.05, 0) is 64.7 Å². The van der Waals surface area contributed by atoms with Crippen molar-refractivity contribution in [2.45, 2.75) is 38.1 Å². The molecule has 3 nitrogen and oxygen atoms in total. The smallest absolute Gasteiger partial charge is 0.0220 e. The van der Waals surface area contributed by atoms with Crippen LogP contribution in [0.4, 0.5) is 0 Å². The van der Waals surface area contributed by atoms with Gasteiger partial charge in [0.1, 0.15) is 0 Å². The van der Waals surface area contributed by atoms with Crippen molar-refractivity contribution < 1.29 is 0 Å². The molecule has 0 aromatic heterocycles. The molecule has 94 valence electrons. The van der Waals surface area contributed by atoms with E-state index in [0.717, 1.165) is 12.6 Å². The van der Waals surface area contributed by atoms with E-state index in [4.69, 9.17) is 5.73 Å². The fraction of sp³-hybridized carbons (Fsp3) is 1.00. The Morgan fingerprint density at radius 2 is 2.19 bits per heavy atom. The van der Waals surface area contributed by atoms with Gasteiger partial charge in [0.2, 0.25) is 0 Å². The van der Waals surface area contributed by atoms with Gasteiger partial charge in [0.25, 0.3) is 0 Å². The van der Waals surface area contributed by atoms with Crippen molar-refractivity contribution in [3.8, 4) is 0 Å². The van der Waals surface area contributed by atoms with Crippen LogP contribution in [-0.4, -0.2) is 56.1 Å². The highest BCUT2D eigenvalue weighted by Gasteiger charge is 2.43. The van der Waals surface area contributed by atoms with E-state index in [1.807, 2.05) is 0 Å². The Hall–Kier alpha value is -0.120. The maximum atomic E-state index is 5.70. The van der Waals surface area contributed by atoms with Gasteiger partial charge in [0.15, 0.2) is 0 Å². The fourth-order valence-corrected chi connectivity index (χ4v) is 3.13. The van der Waals surface area contributed by atoms with Crippen LogP contribution in [0.15, 0.2) is 0 Å². The lowest BCUT2D eigenvalue weighted by Gasteiger charge is -2.37. The van der Waals surface area contributed by atoms with Crippen LogP contribution in [0.2, 0.25) is 0 Å². The summed E-state index contributed by atoms with van der Waals surface area (Å²) in [5.41, 5.74) is 6.30. The number of hydrogen-bond donors (Lipinski definition) is 1. The maximum absolute atomic E-state index is 5.70. The van der Waals surface area contributed by atoms with Crippen molar-refractivity contribution >= 4 is 0 Å². The average Bonchev–Trinajstić information content (AvgIpc) is 2.98. The highest BCUT2D eigenvalue weighted by Crippen LogP contribution is 2.49. The summed E-state index contributed by atoms with van der Waals surface area (Å²) in [5, 5.41) is 0. The third kappa shape index (κ3) is 2.96. The zero-order chi connectivity index (χ0) is 11.6. The second-order valence-electron chi connectivity index (χ2n) is 6.01. The molecule has 0 bridgehead atoms. The second-order valence-corrected chi connectivity index (χ2v) is 6.01. The van der Waals surface area contributed by atoms with Crippen LogP contribution >= 0.6 is 0 Å². The number of likely N-dealkylation sites (N-methyl/N-ethyl adjacent to an activating group) is 2. The Bertz CT molecular complexity index is 225. The Morgan fingerprint density at radius 1 is 1.44 bits per heavy atom. The van der Waals surface area contributed by atoms with E-state index >= 15 is 0 Å². The van der Waals surface area contributed by atoms with Crippen LogP contribution < -0.4 is 5.73 Å². The number of likely N-dealkylation sites (tertiary alicyclic amines) is 1. The summed E-state index contributed by atoms with van der Waals surface area (Å²) < 4.78 is 0. The molecule has 1 saturated carbocycles. The molecule has 0 radical (unpaired) electrons. The van der Waals surface area contributed by atoms with E-state index in [0.29, 0.717) is 5.41 Å². The number of piperidine rings is 1. The lowest BCUT2D eigenvalue weighted by Crippen LogP contribution is -2.46. The van der Waals surface area contributed by atoms with Crippen LogP contribution in [-0.2, 0) is 0 Å². The summed E-state index contributed by atoms with van der Waals surface area (Å²) >= 11 is 0. The van der Waals surface area contributed by atoms with E-state index < -0.39 is 0 Å². The number of nitrogens with two attached hydrogens (primary N) is 1. The van der Waals surface area contributed by atoms with Gasteiger partial charge in [-0.3, -0.25) is 0 Å². The van der Waals surface area contributed by atoms with Crippen LogP contribution in [0.5, 0.6) is 0 Å². The molecule has 1 atom stereocenters. The molecule has 0 spiro atoms. The standard InChI is InChI=1S/C13H27N3/c1-15-9-3-4-12(10-15)16(2)11-13(5-6-13)7-8-14/h12H,3-11,14H2,1-2H3. The molecule has 1 aliphatic heterocycles. The third-order valence-electron chi connectivity index (χ3n) is 4.44. The van der Waals surface area contributed by atoms with E-state index in [9.17, 15) is 0 Å². The Balaban J connectivity index is 1.80. The van der Waals surface area contributed by atoms with Gasteiger partial charge in [-0.1, -0.05) is 0 Å². The van der Waals surface area contributed by atoms with Gasteiger partial charge in [-0.25, -0.2) is 0 Å². The Morgan fingerprint density at radius 3 is 2.75 bits per heavy atom. The normalized spacial score (nSPS) is 29.6. The minimum Gasteiger partial charge on any atom is -0.330 e. The van der Waals surface area contributed by atoms with Crippen LogP contribution in [0.1, 0.15) is 32.1 Å². The predicted molar refractivity (Wildman–Crippen MR) is 68.5 cm³/mol. The van der Waals surface area contributed by atoms with Crippen molar-refractivity contribution in [3.63, 3.8) is 0 Å². The summed E-state index contributed by atoms with van der Waals surface area (Å²) in [5.74, 6) is 0. The number of hydrogen-bond acceptors (Lipinski definition) is 3. The molecule has 1 unspecified atom stereocenters. The van der Waals surface area contributed by atoms with Gasteiger partial charge in [0.05, 0.1) is 0 Å². The molecule has 1 heterocycles. The first-order chi connectivity index (χ1) is 7.65. The topological polar surface area (TPSA) is 32.5 Å². The zero-order valence-electron chi connectivity index (χ0n) is 10.9. The van der Waals surface area contributed by atoms with Gasteiger partial charge >= 0.3 is 0 Å².